The van der Waals surface area contributed by atoms with Crippen molar-refractivity contribution in [2.24, 2.45) is 0 Å². The van der Waals surface area contributed by atoms with Crippen molar-refractivity contribution >= 4 is 23.2 Å². The minimum absolute atomic E-state index is 0.164. The van der Waals surface area contributed by atoms with Crippen LogP contribution in [0.4, 0.5) is 0 Å². The highest BCUT2D eigenvalue weighted by Crippen LogP contribution is 2.34. The first kappa shape index (κ1) is 16.4. The third kappa shape index (κ3) is 3.62. The van der Waals surface area contributed by atoms with Gasteiger partial charge in [0.25, 0.3) is 0 Å². The molecule has 0 aromatic heterocycles. The van der Waals surface area contributed by atoms with Crippen LogP contribution in [0.15, 0.2) is 42.5 Å². The monoisotopic (exact) mass is 320 g/mol. The lowest BCUT2D eigenvalue weighted by atomic mass is 9.82. The number of aryl methyl sites for hydroxylation is 1. The quantitative estimate of drug-likeness (QED) is 0.552. The van der Waals surface area contributed by atoms with Gasteiger partial charge in [-0.2, -0.15) is 0 Å². The van der Waals surface area contributed by atoms with Crippen LogP contribution in [-0.4, -0.2) is 0 Å². The molecule has 0 nitrogen and oxygen atoms in total. The molecule has 0 saturated heterocycles. The molecule has 1 atom stereocenters. The number of benzene rings is 2. The molecule has 21 heavy (non-hydrogen) atoms. The molecular weight excluding hydrogens is 299 g/mol. The van der Waals surface area contributed by atoms with Gasteiger partial charge in [-0.3, -0.25) is 0 Å². The fraction of sp³-hybridized carbons (Fsp3) is 0.368. The van der Waals surface area contributed by atoms with Gasteiger partial charge in [-0.1, -0.05) is 62.7 Å². The van der Waals surface area contributed by atoms with E-state index in [0.717, 1.165) is 28.1 Å². The normalized spacial score (nSPS) is 13.2. The Bertz CT molecular complexity index is 612. The first-order valence-electron chi connectivity index (χ1n) is 7.35. The molecule has 0 N–H and O–H groups in total. The summed E-state index contributed by atoms with van der Waals surface area (Å²) in [5.41, 5.74) is 4.90. The molecule has 0 saturated carbocycles. The van der Waals surface area contributed by atoms with Gasteiger partial charge in [0.1, 0.15) is 0 Å². The topological polar surface area (TPSA) is 0 Å². The van der Waals surface area contributed by atoms with Crippen molar-refractivity contribution < 1.29 is 0 Å². The van der Waals surface area contributed by atoms with Gasteiger partial charge in [0.2, 0.25) is 0 Å². The Hall–Kier alpha value is -0.980. The third-order valence-corrected chi connectivity index (χ3v) is 5.11. The zero-order valence-corrected chi connectivity index (χ0v) is 14.6. The maximum atomic E-state index is 6.65. The van der Waals surface area contributed by atoms with Gasteiger partial charge in [-0.15, -0.1) is 11.6 Å². The van der Waals surface area contributed by atoms with Crippen LogP contribution in [0, 0.1) is 6.92 Å². The molecule has 0 aliphatic carbocycles. The summed E-state index contributed by atoms with van der Waals surface area (Å²) in [6, 6.07) is 14.5. The molecule has 2 aromatic rings. The summed E-state index contributed by atoms with van der Waals surface area (Å²) in [4.78, 5) is 0. The Morgan fingerprint density at radius 2 is 1.67 bits per heavy atom. The average Bonchev–Trinajstić information content (AvgIpc) is 2.49. The van der Waals surface area contributed by atoms with E-state index in [1.807, 2.05) is 18.2 Å². The van der Waals surface area contributed by atoms with Crippen LogP contribution >= 0.6 is 23.2 Å². The summed E-state index contributed by atoms with van der Waals surface area (Å²) in [5.74, 6) is 0. The second-order valence-electron chi connectivity index (χ2n) is 6.22. The summed E-state index contributed by atoms with van der Waals surface area (Å²) in [6.45, 7) is 8.81. The molecule has 0 fully saturated rings. The van der Waals surface area contributed by atoms with Gasteiger partial charge in [0.05, 0.1) is 5.38 Å². The summed E-state index contributed by atoms with van der Waals surface area (Å²) in [5, 5.41) is 0.562. The first-order chi connectivity index (χ1) is 9.85. The van der Waals surface area contributed by atoms with Crippen molar-refractivity contribution in [1.29, 1.82) is 0 Å². The number of halogens is 2. The van der Waals surface area contributed by atoms with Crippen LogP contribution in [0.1, 0.15) is 54.8 Å². The Morgan fingerprint density at radius 3 is 2.24 bits per heavy atom. The van der Waals surface area contributed by atoms with E-state index in [4.69, 9.17) is 23.2 Å². The average molecular weight is 321 g/mol. The minimum atomic E-state index is -0.164. The summed E-state index contributed by atoms with van der Waals surface area (Å²) in [6.07, 6.45) is 1.12. The van der Waals surface area contributed by atoms with Crippen LogP contribution in [-0.2, 0) is 5.41 Å². The molecule has 2 rings (SSSR count). The standard InChI is InChI=1S/C19H22Cl2/c1-5-19(3,4)15-9-7-14(8-10-15)18(21)17-12-16(20)11-6-13(17)2/h6-12,18H,5H2,1-4H3. The highest BCUT2D eigenvalue weighted by molar-refractivity contribution is 6.31. The van der Waals surface area contributed by atoms with Crippen LogP contribution in [0.3, 0.4) is 0 Å². The number of hydrogen-bond acceptors (Lipinski definition) is 0. The second-order valence-corrected chi connectivity index (χ2v) is 7.10. The highest BCUT2D eigenvalue weighted by Gasteiger charge is 2.19. The van der Waals surface area contributed by atoms with Gasteiger partial charge in [0.15, 0.2) is 0 Å². The predicted octanol–water partition coefficient (Wildman–Crippen LogP) is 6.66. The molecule has 1 unspecified atom stereocenters. The van der Waals surface area contributed by atoms with E-state index in [1.54, 1.807) is 0 Å². The van der Waals surface area contributed by atoms with Crippen LogP contribution < -0.4 is 0 Å². The van der Waals surface area contributed by atoms with Gasteiger partial charge >= 0.3 is 0 Å². The largest absolute Gasteiger partial charge is 0.113 e. The zero-order chi connectivity index (χ0) is 15.6. The smallest absolute Gasteiger partial charge is 0.0838 e. The SMILES string of the molecule is CCC(C)(C)c1ccc(C(Cl)c2cc(Cl)ccc2C)cc1. The molecule has 0 spiro atoms. The molecular formula is C19H22Cl2. The van der Waals surface area contributed by atoms with E-state index < -0.39 is 0 Å². The van der Waals surface area contributed by atoms with E-state index in [0.29, 0.717) is 0 Å². The lowest BCUT2D eigenvalue weighted by Crippen LogP contribution is -2.15. The Morgan fingerprint density at radius 1 is 1.05 bits per heavy atom. The lowest BCUT2D eigenvalue weighted by Gasteiger charge is -2.24. The second kappa shape index (κ2) is 6.42. The van der Waals surface area contributed by atoms with E-state index in [9.17, 15) is 0 Å². The lowest BCUT2D eigenvalue weighted by molar-refractivity contribution is 0.506. The van der Waals surface area contributed by atoms with Crippen molar-refractivity contribution in [3.63, 3.8) is 0 Å². The molecule has 0 amide bonds. The Kier molecular flexibility index (Phi) is 5.01. The van der Waals surface area contributed by atoms with Gasteiger partial charge < -0.3 is 0 Å². The number of hydrogen-bond donors (Lipinski definition) is 0. The fourth-order valence-electron chi connectivity index (χ4n) is 2.37. The molecule has 0 bridgehead atoms. The van der Waals surface area contributed by atoms with Crippen molar-refractivity contribution in [2.75, 3.05) is 0 Å². The van der Waals surface area contributed by atoms with E-state index in [-0.39, 0.29) is 10.8 Å². The Balaban J connectivity index is 2.32. The zero-order valence-electron chi connectivity index (χ0n) is 13.1. The first-order valence-corrected chi connectivity index (χ1v) is 8.17. The summed E-state index contributed by atoms with van der Waals surface area (Å²) in [7, 11) is 0. The maximum Gasteiger partial charge on any atom is 0.0838 e. The molecule has 112 valence electrons. The third-order valence-electron chi connectivity index (χ3n) is 4.38. The number of alkyl halides is 1. The fourth-order valence-corrected chi connectivity index (χ4v) is 2.93. The van der Waals surface area contributed by atoms with Gasteiger partial charge in [-0.05, 0) is 53.1 Å². The van der Waals surface area contributed by atoms with E-state index in [2.05, 4.69) is 52.0 Å². The van der Waals surface area contributed by atoms with Crippen molar-refractivity contribution in [2.45, 2.75) is 44.9 Å². The van der Waals surface area contributed by atoms with Crippen molar-refractivity contribution in [3.8, 4) is 0 Å². The van der Waals surface area contributed by atoms with Crippen LogP contribution in [0.5, 0.6) is 0 Å². The summed E-state index contributed by atoms with van der Waals surface area (Å²) >= 11 is 12.7. The predicted molar refractivity (Wildman–Crippen MR) is 93.6 cm³/mol. The summed E-state index contributed by atoms with van der Waals surface area (Å²) < 4.78 is 0. The van der Waals surface area contributed by atoms with Crippen LogP contribution in [0.25, 0.3) is 0 Å². The van der Waals surface area contributed by atoms with E-state index >= 15 is 0 Å². The number of rotatable bonds is 4. The van der Waals surface area contributed by atoms with Gasteiger partial charge in [0, 0.05) is 5.02 Å². The van der Waals surface area contributed by atoms with E-state index in [1.165, 1.54) is 5.56 Å². The molecule has 0 aliphatic heterocycles. The maximum absolute atomic E-state index is 6.65. The van der Waals surface area contributed by atoms with Crippen molar-refractivity contribution in [1.82, 2.24) is 0 Å². The molecule has 2 heteroatoms. The van der Waals surface area contributed by atoms with Crippen molar-refractivity contribution in [3.05, 3.63) is 69.7 Å². The molecule has 0 heterocycles. The molecule has 0 radical (unpaired) electrons. The Labute approximate surface area is 138 Å². The molecule has 0 aliphatic rings. The highest BCUT2D eigenvalue weighted by atomic mass is 35.5. The minimum Gasteiger partial charge on any atom is -0.113 e. The molecule has 2 aromatic carbocycles. The van der Waals surface area contributed by atoms with Gasteiger partial charge in [-0.25, -0.2) is 0 Å². The van der Waals surface area contributed by atoms with Crippen LogP contribution in [0.2, 0.25) is 5.02 Å².